The van der Waals surface area contributed by atoms with Gasteiger partial charge in [-0.05, 0) is 25.3 Å². The van der Waals surface area contributed by atoms with Gasteiger partial charge >= 0.3 is 0 Å². The molecule has 2 heteroatoms. The molecule has 0 heterocycles. The molecule has 0 amide bonds. The fourth-order valence-electron chi connectivity index (χ4n) is 1.97. The zero-order valence-electron chi connectivity index (χ0n) is 10.8. The number of alkyl halides is 1. The Morgan fingerprint density at radius 2 is 2.06 bits per heavy atom. The van der Waals surface area contributed by atoms with E-state index in [9.17, 15) is 4.79 Å². The molecule has 0 unspecified atom stereocenters. The zero-order chi connectivity index (χ0) is 12.7. The SMILES string of the molecule is CCCCCC(=O)c1ccc(C)cc1CCBr. The number of hydrogen-bond acceptors (Lipinski definition) is 1. The second-order valence-electron chi connectivity index (χ2n) is 4.48. The average molecular weight is 297 g/mol. The summed E-state index contributed by atoms with van der Waals surface area (Å²) in [6.07, 6.45) is 4.93. The largest absolute Gasteiger partial charge is 0.294 e. The van der Waals surface area contributed by atoms with Crippen LogP contribution in [0.1, 0.15) is 54.1 Å². The maximum atomic E-state index is 12.1. The Morgan fingerprint density at radius 1 is 1.29 bits per heavy atom. The normalized spacial score (nSPS) is 10.5. The maximum absolute atomic E-state index is 12.1. The molecule has 1 rings (SSSR count). The summed E-state index contributed by atoms with van der Waals surface area (Å²) in [7, 11) is 0. The average Bonchev–Trinajstić information content (AvgIpc) is 2.30. The number of Topliss-reactive ketones (excluding diaryl/α,β-unsaturated/α-hetero) is 1. The number of hydrogen-bond donors (Lipinski definition) is 0. The summed E-state index contributed by atoms with van der Waals surface area (Å²) < 4.78 is 0. The highest BCUT2D eigenvalue weighted by atomic mass is 79.9. The summed E-state index contributed by atoms with van der Waals surface area (Å²) in [6, 6.07) is 6.15. The highest BCUT2D eigenvalue weighted by molar-refractivity contribution is 9.09. The Bertz CT molecular complexity index is 371. The summed E-state index contributed by atoms with van der Waals surface area (Å²) in [6.45, 7) is 4.23. The van der Waals surface area contributed by atoms with Crippen LogP contribution in [0.4, 0.5) is 0 Å². The van der Waals surface area contributed by atoms with Gasteiger partial charge in [0.2, 0.25) is 0 Å². The standard InChI is InChI=1S/C15H21BrO/c1-3-4-5-6-15(17)14-8-7-12(2)11-13(14)9-10-16/h7-8,11H,3-6,9-10H2,1-2H3. The highest BCUT2D eigenvalue weighted by Crippen LogP contribution is 2.17. The molecule has 0 bridgehead atoms. The Hall–Kier alpha value is -0.630. The van der Waals surface area contributed by atoms with Crippen molar-refractivity contribution in [3.8, 4) is 0 Å². The van der Waals surface area contributed by atoms with Crippen molar-refractivity contribution in [1.82, 2.24) is 0 Å². The summed E-state index contributed by atoms with van der Waals surface area (Å²) >= 11 is 3.45. The fourth-order valence-corrected chi connectivity index (χ4v) is 2.40. The van der Waals surface area contributed by atoms with Gasteiger partial charge < -0.3 is 0 Å². The van der Waals surface area contributed by atoms with E-state index in [-0.39, 0.29) is 0 Å². The van der Waals surface area contributed by atoms with Gasteiger partial charge in [-0.2, -0.15) is 0 Å². The first-order valence-corrected chi connectivity index (χ1v) is 7.50. The Labute approximate surface area is 113 Å². The van der Waals surface area contributed by atoms with Crippen LogP contribution in [0, 0.1) is 6.92 Å². The number of aryl methyl sites for hydroxylation is 2. The Morgan fingerprint density at radius 3 is 2.71 bits per heavy atom. The van der Waals surface area contributed by atoms with E-state index in [4.69, 9.17) is 0 Å². The van der Waals surface area contributed by atoms with Crippen molar-refractivity contribution in [3.05, 3.63) is 34.9 Å². The van der Waals surface area contributed by atoms with E-state index >= 15 is 0 Å². The van der Waals surface area contributed by atoms with Gasteiger partial charge in [-0.1, -0.05) is 59.5 Å². The van der Waals surface area contributed by atoms with Crippen molar-refractivity contribution >= 4 is 21.7 Å². The van der Waals surface area contributed by atoms with Crippen LogP contribution in [0.5, 0.6) is 0 Å². The van der Waals surface area contributed by atoms with Gasteiger partial charge in [0, 0.05) is 17.3 Å². The predicted octanol–water partition coefficient (Wildman–Crippen LogP) is 4.70. The Balaban J connectivity index is 2.77. The third-order valence-electron chi connectivity index (χ3n) is 2.93. The van der Waals surface area contributed by atoms with Crippen molar-refractivity contribution in [2.45, 2.75) is 46.0 Å². The quantitative estimate of drug-likeness (QED) is 0.405. The van der Waals surface area contributed by atoms with Crippen LogP contribution in [0.3, 0.4) is 0 Å². The first kappa shape index (κ1) is 14.4. The lowest BCUT2D eigenvalue weighted by molar-refractivity contribution is 0.0978. The van der Waals surface area contributed by atoms with Crippen molar-refractivity contribution in [2.75, 3.05) is 5.33 Å². The van der Waals surface area contributed by atoms with Gasteiger partial charge in [-0.15, -0.1) is 0 Å². The number of carbonyl (C=O) groups is 1. The van der Waals surface area contributed by atoms with Crippen LogP contribution < -0.4 is 0 Å². The maximum Gasteiger partial charge on any atom is 0.163 e. The molecule has 94 valence electrons. The molecule has 0 aliphatic heterocycles. The number of benzene rings is 1. The molecule has 1 aromatic rings. The van der Waals surface area contributed by atoms with Gasteiger partial charge in [0.15, 0.2) is 5.78 Å². The molecule has 0 atom stereocenters. The molecular formula is C15H21BrO. The van der Waals surface area contributed by atoms with Crippen molar-refractivity contribution < 1.29 is 4.79 Å². The van der Waals surface area contributed by atoms with E-state index in [1.165, 1.54) is 11.1 Å². The minimum Gasteiger partial charge on any atom is -0.294 e. The van der Waals surface area contributed by atoms with Gasteiger partial charge in [-0.3, -0.25) is 4.79 Å². The van der Waals surface area contributed by atoms with Gasteiger partial charge in [0.05, 0.1) is 0 Å². The number of unbranched alkanes of at least 4 members (excludes halogenated alkanes) is 2. The topological polar surface area (TPSA) is 17.1 Å². The third-order valence-corrected chi connectivity index (χ3v) is 3.33. The highest BCUT2D eigenvalue weighted by Gasteiger charge is 2.10. The van der Waals surface area contributed by atoms with E-state index in [1.807, 2.05) is 12.1 Å². The first-order chi connectivity index (χ1) is 8.19. The fraction of sp³-hybridized carbons (Fsp3) is 0.533. The third kappa shape index (κ3) is 4.63. The van der Waals surface area contributed by atoms with E-state index in [2.05, 4.69) is 35.8 Å². The van der Waals surface area contributed by atoms with E-state index in [0.29, 0.717) is 12.2 Å². The minimum atomic E-state index is 0.300. The van der Waals surface area contributed by atoms with Crippen molar-refractivity contribution in [3.63, 3.8) is 0 Å². The summed E-state index contributed by atoms with van der Waals surface area (Å²) in [5, 5.41) is 0.908. The number of ketones is 1. The number of halogens is 1. The summed E-state index contributed by atoms with van der Waals surface area (Å²) in [5.41, 5.74) is 3.33. The van der Waals surface area contributed by atoms with Crippen LogP contribution in [0.15, 0.2) is 18.2 Å². The zero-order valence-corrected chi connectivity index (χ0v) is 12.3. The minimum absolute atomic E-state index is 0.300. The molecule has 1 aromatic carbocycles. The van der Waals surface area contributed by atoms with E-state index < -0.39 is 0 Å². The number of carbonyl (C=O) groups excluding carboxylic acids is 1. The van der Waals surface area contributed by atoms with Crippen LogP contribution in [0.2, 0.25) is 0 Å². The van der Waals surface area contributed by atoms with Crippen LogP contribution >= 0.6 is 15.9 Å². The van der Waals surface area contributed by atoms with Gasteiger partial charge in [0.1, 0.15) is 0 Å². The molecule has 0 aliphatic rings. The molecule has 0 saturated carbocycles. The number of rotatable bonds is 7. The van der Waals surface area contributed by atoms with Gasteiger partial charge in [0.25, 0.3) is 0 Å². The molecule has 0 spiro atoms. The van der Waals surface area contributed by atoms with Crippen LogP contribution in [-0.2, 0) is 6.42 Å². The Kier molecular flexibility index (Phi) is 6.49. The second-order valence-corrected chi connectivity index (χ2v) is 5.27. The van der Waals surface area contributed by atoms with E-state index in [0.717, 1.165) is 36.6 Å². The predicted molar refractivity (Wildman–Crippen MR) is 77.1 cm³/mol. The molecule has 0 fully saturated rings. The monoisotopic (exact) mass is 296 g/mol. The molecule has 0 radical (unpaired) electrons. The van der Waals surface area contributed by atoms with Crippen LogP contribution in [-0.4, -0.2) is 11.1 Å². The summed E-state index contributed by atoms with van der Waals surface area (Å²) in [5.74, 6) is 0.300. The van der Waals surface area contributed by atoms with Crippen molar-refractivity contribution in [2.24, 2.45) is 0 Å². The first-order valence-electron chi connectivity index (χ1n) is 6.37. The van der Waals surface area contributed by atoms with E-state index in [1.54, 1.807) is 0 Å². The van der Waals surface area contributed by atoms with Crippen molar-refractivity contribution in [1.29, 1.82) is 0 Å². The van der Waals surface area contributed by atoms with Crippen LogP contribution in [0.25, 0.3) is 0 Å². The molecule has 17 heavy (non-hydrogen) atoms. The molecule has 0 aromatic heterocycles. The summed E-state index contributed by atoms with van der Waals surface area (Å²) in [4.78, 5) is 12.1. The molecule has 1 nitrogen and oxygen atoms in total. The lowest BCUT2D eigenvalue weighted by Gasteiger charge is -2.08. The molecule has 0 aliphatic carbocycles. The lowest BCUT2D eigenvalue weighted by atomic mass is 9.96. The molecular weight excluding hydrogens is 276 g/mol. The smallest absolute Gasteiger partial charge is 0.163 e. The molecule has 0 N–H and O–H groups in total. The second kappa shape index (κ2) is 7.65. The van der Waals surface area contributed by atoms with Gasteiger partial charge in [-0.25, -0.2) is 0 Å². The molecule has 0 saturated heterocycles. The lowest BCUT2D eigenvalue weighted by Crippen LogP contribution is -2.05.